The molecular formula is C17H21N5O2S. The van der Waals surface area contributed by atoms with E-state index in [9.17, 15) is 9.59 Å². The Morgan fingerprint density at radius 2 is 1.92 bits per heavy atom. The third-order valence-corrected chi connectivity index (χ3v) is 5.85. The number of imidazole rings is 1. The van der Waals surface area contributed by atoms with Gasteiger partial charge in [-0.3, -0.25) is 9.59 Å². The molecule has 0 aromatic carbocycles. The molecule has 1 atom stereocenters. The van der Waals surface area contributed by atoms with Crippen LogP contribution in [0.15, 0.2) is 23.4 Å². The number of amides is 2. The highest BCUT2D eigenvalue weighted by molar-refractivity contribution is 7.07. The molecule has 132 valence electrons. The highest BCUT2D eigenvalue weighted by Crippen LogP contribution is 2.38. The van der Waals surface area contributed by atoms with E-state index in [1.54, 1.807) is 28.0 Å². The summed E-state index contributed by atoms with van der Waals surface area (Å²) in [6.07, 6.45) is 7.16. The van der Waals surface area contributed by atoms with E-state index in [0.29, 0.717) is 17.9 Å². The second-order valence-electron chi connectivity index (χ2n) is 6.91. The van der Waals surface area contributed by atoms with E-state index in [1.165, 1.54) is 11.3 Å². The second-order valence-corrected chi connectivity index (χ2v) is 7.63. The number of piperidine rings is 1. The molecule has 2 aromatic heterocycles. The van der Waals surface area contributed by atoms with Gasteiger partial charge in [0.25, 0.3) is 11.8 Å². The molecule has 25 heavy (non-hydrogen) atoms. The molecule has 4 rings (SSSR count). The summed E-state index contributed by atoms with van der Waals surface area (Å²) in [4.78, 5) is 37.9. The highest BCUT2D eigenvalue weighted by atomic mass is 32.1. The fourth-order valence-electron chi connectivity index (χ4n) is 4.11. The predicted molar refractivity (Wildman–Crippen MR) is 93.5 cm³/mol. The summed E-state index contributed by atoms with van der Waals surface area (Å²) >= 11 is 1.43. The van der Waals surface area contributed by atoms with Gasteiger partial charge in [-0.1, -0.05) is 0 Å². The summed E-state index contributed by atoms with van der Waals surface area (Å²) in [6.45, 7) is 2.04. The number of likely N-dealkylation sites (tertiary alicyclic amines) is 2. The Balaban J connectivity index is 1.57. The molecule has 2 aromatic rings. The van der Waals surface area contributed by atoms with Crippen LogP contribution in [-0.2, 0) is 7.05 Å². The highest BCUT2D eigenvalue weighted by Gasteiger charge is 2.47. The van der Waals surface area contributed by atoms with Crippen LogP contribution in [0, 0.1) is 0 Å². The molecule has 2 saturated heterocycles. The van der Waals surface area contributed by atoms with Crippen LogP contribution in [-0.4, -0.2) is 61.3 Å². The number of hydrogen-bond acceptors (Lipinski definition) is 5. The van der Waals surface area contributed by atoms with E-state index in [-0.39, 0.29) is 17.4 Å². The number of thiazole rings is 1. The summed E-state index contributed by atoms with van der Waals surface area (Å²) < 4.78 is 1.79. The summed E-state index contributed by atoms with van der Waals surface area (Å²) in [6, 6.07) is 0. The molecule has 2 aliphatic rings. The van der Waals surface area contributed by atoms with E-state index in [2.05, 4.69) is 9.97 Å². The number of rotatable bonds is 2. The van der Waals surface area contributed by atoms with Crippen molar-refractivity contribution >= 4 is 23.2 Å². The Hall–Kier alpha value is -2.22. The normalized spacial score (nSPS) is 23.4. The van der Waals surface area contributed by atoms with Gasteiger partial charge >= 0.3 is 0 Å². The molecular weight excluding hydrogens is 338 g/mol. The fourth-order valence-corrected chi connectivity index (χ4v) is 4.63. The van der Waals surface area contributed by atoms with Crippen molar-refractivity contribution in [3.05, 3.63) is 34.8 Å². The minimum Gasteiger partial charge on any atom is -0.340 e. The zero-order valence-corrected chi connectivity index (χ0v) is 15.0. The first kappa shape index (κ1) is 16.3. The minimum absolute atomic E-state index is 0.0268. The third-order valence-electron chi connectivity index (χ3n) is 5.26. The van der Waals surface area contributed by atoms with Gasteiger partial charge in [0.05, 0.1) is 17.4 Å². The van der Waals surface area contributed by atoms with Gasteiger partial charge < -0.3 is 14.4 Å². The maximum Gasteiger partial charge on any atom is 0.274 e. The van der Waals surface area contributed by atoms with Gasteiger partial charge in [-0.2, -0.15) is 0 Å². The zero-order chi connectivity index (χ0) is 17.4. The predicted octanol–water partition coefficient (Wildman–Crippen LogP) is 1.79. The zero-order valence-electron chi connectivity index (χ0n) is 14.2. The van der Waals surface area contributed by atoms with Crippen LogP contribution in [0.4, 0.5) is 0 Å². The average Bonchev–Trinajstić information content (AvgIpc) is 3.35. The molecule has 0 saturated carbocycles. The largest absolute Gasteiger partial charge is 0.340 e. The van der Waals surface area contributed by atoms with Gasteiger partial charge in [0.2, 0.25) is 0 Å². The van der Waals surface area contributed by atoms with E-state index in [1.807, 2.05) is 16.8 Å². The van der Waals surface area contributed by atoms with Crippen molar-refractivity contribution in [1.29, 1.82) is 0 Å². The number of hydrogen-bond donors (Lipinski definition) is 0. The van der Waals surface area contributed by atoms with Gasteiger partial charge in [-0.15, -0.1) is 11.3 Å². The van der Waals surface area contributed by atoms with Gasteiger partial charge in [0.15, 0.2) is 0 Å². The smallest absolute Gasteiger partial charge is 0.274 e. The molecule has 2 aliphatic heterocycles. The topological polar surface area (TPSA) is 71.3 Å². The Morgan fingerprint density at radius 1 is 1.12 bits per heavy atom. The van der Waals surface area contributed by atoms with Gasteiger partial charge in [0, 0.05) is 38.3 Å². The Kier molecular flexibility index (Phi) is 4.07. The van der Waals surface area contributed by atoms with Crippen molar-refractivity contribution in [2.75, 3.05) is 19.6 Å². The molecule has 1 spiro atoms. The molecule has 4 heterocycles. The van der Waals surface area contributed by atoms with Gasteiger partial charge in [-0.05, 0) is 25.7 Å². The first-order chi connectivity index (χ1) is 12.1. The van der Waals surface area contributed by atoms with Crippen LogP contribution >= 0.6 is 11.3 Å². The standard InChI is InChI=1S/C17H21N5O2S/c1-20-8-13(18-11-20)16(24)22-7-3-5-17(22)4-2-6-21(10-17)15(23)14-9-25-12-19-14/h8-9,11-12H,2-7,10H2,1H3/t17-/m0/s1. The van der Waals surface area contributed by atoms with Crippen LogP contribution in [0.5, 0.6) is 0 Å². The van der Waals surface area contributed by atoms with Crippen molar-refractivity contribution in [3.63, 3.8) is 0 Å². The first-order valence-electron chi connectivity index (χ1n) is 8.56. The lowest BCUT2D eigenvalue weighted by Crippen LogP contribution is -2.58. The average molecular weight is 359 g/mol. The van der Waals surface area contributed by atoms with Crippen LogP contribution in [0.1, 0.15) is 46.7 Å². The quantitative estimate of drug-likeness (QED) is 0.820. The minimum atomic E-state index is -0.265. The molecule has 2 amide bonds. The maximum absolute atomic E-state index is 13.0. The van der Waals surface area contributed by atoms with E-state index >= 15 is 0 Å². The molecule has 2 fully saturated rings. The van der Waals surface area contributed by atoms with Crippen LogP contribution < -0.4 is 0 Å². The molecule has 0 radical (unpaired) electrons. The van der Waals surface area contributed by atoms with E-state index in [4.69, 9.17) is 0 Å². The number of aromatic nitrogens is 3. The van der Waals surface area contributed by atoms with Crippen molar-refractivity contribution < 1.29 is 9.59 Å². The van der Waals surface area contributed by atoms with Gasteiger partial charge in [-0.25, -0.2) is 9.97 Å². The second kappa shape index (κ2) is 6.25. The first-order valence-corrected chi connectivity index (χ1v) is 9.51. The van der Waals surface area contributed by atoms with Crippen molar-refractivity contribution in [2.24, 2.45) is 7.05 Å². The molecule has 0 bridgehead atoms. The van der Waals surface area contributed by atoms with Crippen molar-refractivity contribution in [1.82, 2.24) is 24.3 Å². The summed E-state index contributed by atoms with van der Waals surface area (Å²) in [7, 11) is 1.86. The van der Waals surface area contributed by atoms with Gasteiger partial charge in [0.1, 0.15) is 11.4 Å². The molecule has 0 aliphatic carbocycles. The molecule has 0 N–H and O–H groups in total. The van der Waals surface area contributed by atoms with E-state index in [0.717, 1.165) is 38.8 Å². The van der Waals surface area contributed by atoms with Crippen LogP contribution in [0.3, 0.4) is 0 Å². The van der Waals surface area contributed by atoms with E-state index < -0.39 is 0 Å². The van der Waals surface area contributed by atoms with Crippen LogP contribution in [0.25, 0.3) is 0 Å². The Morgan fingerprint density at radius 3 is 2.60 bits per heavy atom. The van der Waals surface area contributed by atoms with Crippen LogP contribution in [0.2, 0.25) is 0 Å². The number of nitrogens with zero attached hydrogens (tertiary/aromatic N) is 5. The monoisotopic (exact) mass is 359 g/mol. The summed E-state index contributed by atoms with van der Waals surface area (Å²) in [5.41, 5.74) is 2.40. The summed E-state index contributed by atoms with van der Waals surface area (Å²) in [5, 5.41) is 1.79. The molecule has 7 nitrogen and oxygen atoms in total. The Bertz CT molecular complexity index is 787. The lowest BCUT2D eigenvalue weighted by atomic mass is 9.86. The number of carbonyl (C=O) groups excluding carboxylic acids is 2. The lowest BCUT2D eigenvalue weighted by molar-refractivity contribution is 0.0269. The molecule has 0 unspecified atom stereocenters. The lowest BCUT2D eigenvalue weighted by Gasteiger charge is -2.45. The maximum atomic E-state index is 13.0. The van der Waals surface area contributed by atoms with Crippen molar-refractivity contribution in [3.8, 4) is 0 Å². The molecule has 8 heteroatoms. The van der Waals surface area contributed by atoms with Crippen molar-refractivity contribution in [2.45, 2.75) is 31.2 Å². The summed E-state index contributed by atoms with van der Waals surface area (Å²) in [5.74, 6) is -0.0569. The Labute approximate surface area is 150 Å². The third kappa shape index (κ3) is 2.84. The SMILES string of the molecule is Cn1cnc(C(=O)N2CCC[C@]23CCCN(C(=O)c2cscn2)C3)c1. The fraction of sp³-hybridized carbons (Fsp3) is 0.529. The number of aryl methyl sites for hydroxylation is 1. The number of carbonyl (C=O) groups is 2.